The molecule has 11 heteroatoms. The quantitative estimate of drug-likeness (QED) is 0.345. The number of hydrogen-bond donors (Lipinski definition) is 0. The maximum Gasteiger partial charge on any atom is 0.496 e. The van der Waals surface area contributed by atoms with Gasteiger partial charge in [0.25, 0.3) is 0 Å². The SMILES string of the molecule is CC1(C)OB(B2OC(C)(C)C(C)(CCCC3(C)OB(c4cc(OCC5CC5)ccc4Cl)OC3(C)C)O2)OC1(C)C. The third kappa shape index (κ3) is 5.63. The monoisotopic (exact) mass is 574 g/mol. The molecular weight excluding hydrogens is 528 g/mol. The first kappa shape index (κ1) is 30.7. The molecule has 40 heavy (non-hydrogen) atoms. The van der Waals surface area contributed by atoms with Crippen LogP contribution in [0.5, 0.6) is 5.75 Å². The summed E-state index contributed by atoms with van der Waals surface area (Å²) >= 11 is 6.61. The lowest BCUT2D eigenvalue weighted by Crippen LogP contribution is -2.47. The second-order valence-electron chi connectivity index (χ2n) is 14.6. The molecule has 2 unspecified atom stereocenters. The summed E-state index contributed by atoms with van der Waals surface area (Å²) in [6.07, 6.45) is 4.90. The number of benzene rings is 1. The molecule has 0 spiro atoms. The largest absolute Gasteiger partial charge is 0.496 e. The van der Waals surface area contributed by atoms with Gasteiger partial charge < -0.3 is 32.7 Å². The Kier molecular flexibility index (Phi) is 7.81. The molecule has 1 aromatic rings. The van der Waals surface area contributed by atoms with Crippen LogP contribution in [-0.4, -0.2) is 61.3 Å². The molecule has 5 rings (SSSR count). The van der Waals surface area contributed by atoms with Gasteiger partial charge in [-0.3, -0.25) is 0 Å². The predicted molar refractivity (Wildman–Crippen MR) is 160 cm³/mol. The van der Waals surface area contributed by atoms with E-state index in [9.17, 15) is 0 Å². The Hall–Kier alpha value is -0.735. The Balaban J connectivity index is 1.22. The zero-order valence-corrected chi connectivity index (χ0v) is 26.8. The highest BCUT2D eigenvalue weighted by Crippen LogP contribution is 2.47. The van der Waals surface area contributed by atoms with Gasteiger partial charge in [0.15, 0.2) is 0 Å². The normalized spacial score (nSPS) is 32.2. The van der Waals surface area contributed by atoms with E-state index in [-0.39, 0.29) is 0 Å². The number of ether oxygens (including phenoxy) is 1. The molecule has 2 atom stereocenters. The third-order valence-electron chi connectivity index (χ3n) is 10.3. The molecule has 4 fully saturated rings. The van der Waals surface area contributed by atoms with Crippen LogP contribution in [0.4, 0.5) is 0 Å². The van der Waals surface area contributed by atoms with Gasteiger partial charge in [-0.2, -0.15) is 0 Å². The standard InChI is InChI=1S/C29H46B3ClO7/c1-24(2)25(3,4)37-31(36-24)32-38-27(7,8)29(10,40-32)17-11-16-28(9)26(5,6)35-30(39-28)22-18-21(14-15-23(22)33)34-19-20-12-13-20/h14-15,18,20H,11-13,16-17,19H2,1-10H3. The van der Waals surface area contributed by atoms with E-state index in [4.69, 9.17) is 44.3 Å². The lowest BCUT2D eigenvalue weighted by Gasteiger charge is -2.40. The molecule has 220 valence electrons. The van der Waals surface area contributed by atoms with Crippen LogP contribution in [0.1, 0.15) is 101 Å². The van der Waals surface area contributed by atoms with Crippen molar-refractivity contribution in [1.29, 1.82) is 0 Å². The molecule has 7 nitrogen and oxygen atoms in total. The Morgan fingerprint density at radius 3 is 1.85 bits per heavy atom. The Labute approximate surface area is 247 Å². The summed E-state index contributed by atoms with van der Waals surface area (Å²) in [5.41, 5.74) is -2.21. The highest BCUT2D eigenvalue weighted by molar-refractivity contribution is 7.11. The molecule has 0 aromatic heterocycles. The van der Waals surface area contributed by atoms with Crippen LogP contribution >= 0.6 is 11.6 Å². The van der Waals surface area contributed by atoms with Gasteiger partial charge >= 0.3 is 21.1 Å². The van der Waals surface area contributed by atoms with Crippen LogP contribution < -0.4 is 10.2 Å². The maximum absolute atomic E-state index is 6.65. The van der Waals surface area contributed by atoms with Crippen LogP contribution in [0.25, 0.3) is 0 Å². The van der Waals surface area contributed by atoms with Crippen molar-refractivity contribution < 1.29 is 32.7 Å². The molecule has 1 saturated carbocycles. The van der Waals surface area contributed by atoms with Crippen molar-refractivity contribution in [2.24, 2.45) is 5.92 Å². The van der Waals surface area contributed by atoms with Crippen molar-refractivity contribution in [1.82, 2.24) is 0 Å². The first-order chi connectivity index (χ1) is 18.4. The molecule has 0 radical (unpaired) electrons. The highest BCUT2D eigenvalue weighted by atomic mass is 35.5. The Morgan fingerprint density at radius 2 is 1.25 bits per heavy atom. The molecule has 0 amide bonds. The van der Waals surface area contributed by atoms with Crippen molar-refractivity contribution in [2.75, 3.05) is 6.61 Å². The fourth-order valence-electron chi connectivity index (χ4n) is 5.64. The zero-order chi connectivity index (χ0) is 29.4. The van der Waals surface area contributed by atoms with Crippen LogP contribution in [0.2, 0.25) is 5.02 Å². The minimum atomic E-state index is -0.597. The average molecular weight is 575 g/mol. The predicted octanol–water partition coefficient (Wildman–Crippen LogP) is 5.82. The van der Waals surface area contributed by atoms with E-state index in [1.165, 1.54) is 12.8 Å². The van der Waals surface area contributed by atoms with Gasteiger partial charge in [0.05, 0.1) is 40.2 Å². The van der Waals surface area contributed by atoms with E-state index in [0.29, 0.717) is 10.9 Å². The fourth-order valence-corrected chi connectivity index (χ4v) is 5.85. The number of rotatable bonds is 9. The lowest BCUT2D eigenvalue weighted by atomic mass is 9.49. The van der Waals surface area contributed by atoms with Gasteiger partial charge in [0.2, 0.25) is 0 Å². The topological polar surface area (TPSA) is 64.6 Å². The smallest absolute Gasteiger partial charge is 0.493 e. The summed E-state index contributed by atoms with van der Waals surface area (Å²) in [5, 5.41) is 0.614. The molecule has 3 saturated heterocycles. The molecule has 1 aliphatic carbocycles. The molecule has 4 aliphatic rings. The minimum Gasteiger partial charge on any atom is -0.493 e. The second kappa shape index (κ2) is 10.2. The first-order valence-corrected chi connectivity index (χ1v) is 15.2. The van der Waals surface area contributed by atoms with Gasteiger partial charge in [-0.25, -0.2) is 0 Å². The van der Waals surface area contributed by atoms with Crippen LogP contribution in [0.3, 0.4) is 0 Å². The van der Waals surface area contributed by atoms with E-state index in [1.807, 2.05) is 45.9 Å². The fraction of sp³-hybridized carbons (Fsp3) is 0.793. The summed E-state index contributed by atoms with van der Waals surface area (Å²) in [6, 6.07) is 5.74. The highest BCUT2D eigenvalue weighted by Gasteiger charge is 2.65. The van der Waals surface area contributed by atoms with Crippen molar-refractivity contribution in [3.05, 3.63) is 23.2 Å². The summed E-state index contributed by atoms with van der Waals surface area (Å²) in [4.78, 5) is 0. The van der Waals surface area contributed by atoms with E-state index >= 15 is 0 Å². The third-order valence-corrected chi connectivity index (χ3v) is 10.7. The van der Waals surface area contributed by atoms with Gasteiger partial charge in [0, 0.05) is 10.5 Å². The van der Waals surface area contributed by atoms with E-state index in [2.05, 4.69) is 41.5 Å². The van der Waals surface area contributed by atoms with Crippen LogP contribution in [0.15, 0.2) is 18.2 Å². The summed E-state index contributed by atoms with van der Waals surface area (Å²) in [5.74, 6) is 1.48. The summed E-state index contributed by atoms with van der Waals surface area (Å²) in [7, 11) is -1.74. The van der Waals surface area contributed by atoms with Gasteiger partial charge in [-0.15, -0.1) is 0 Å². The van der Waals surface area contributed by atoms with Gasteiger partial charge in [0.1, 0.15) is 5.75 Å². The van der Waals surface area contributed by atoms with Crippen molar-refractivity contribution in [3.8, 4) is 5.75 Å². The van der Waals surface area contributed by atoms with E-state index in [1.54, 1.807) is 0 Å². The Morgan fingerprint density at radius 1 is 0.725 bits per heavy atom. The summed E-state index contributed by atoms with van der Waals surface area (Å²) in [6.45, 7) is 21.5. The molecule has 3 aliphatic heterocycles. The molecule has 1 aromatic carbocycles. The molecule has 0 N–H and O–H groups in total. The molecule has 3 heterocycles. The Bertz CT molecular complexity index is 1100. The van der Waals surface area contributed by atoms with Gasteiger partial charge in [-0.05, 0) is 125 Å². The maximum atomic E-state index is 6.65. The van der Waals surface area contributed by atoms with Crippen LogP contribution in [-0.2, 0) is 27.9 Å². The number of halogens is 1. The van der Waals surface area contributed by atoms with E-state index in [0.717, 1.165) is 37.1 Å². The van der Waals surface area contributed by atoms with E-state index < -0.39 is 54.7 Å². The minimum absolute atomic E-state index is 0.449. The van der Waals surface area contributed by atoms with Crippen LogP contribution in [0, 0.1) is 5.92 Å². The average Bonchev–Trinajstić information content (AvgIpc) is 3.52. The first-order valence-electron chi connectivity index (χ1n) is 14.9. The molecular formula is C29H46B3ClO7. The van der Waals surface area contributed by atoms with Crippen molar-refractivity contribution in [2.45, 2.75) is 135 Å². The lowest BCUT2D eigenvalue weighted by molar-refractivity contribution is -0.0377. The van der Waals surface area contributed by atoms with Crippen molar-refractivity contribution in [3.63, 3.8) is 0 Å². The zero-order valence-electron chi connectivity index (χ0n) is 26.0. The number of hydrogen-bond acceptors (Lipinski definition) is 7. The molecule has 0 bridgehead atoms. The van der Waals surface area contributed by atoms with Gasteiger partial charge in [-0.1, -0.05) is 11.6 Å². The van der Waals surface area contributed by atoms with Crippen molar-refractivity contribution >= 4 is 38.2 Å². The summed E-state index contributed by atoms with van der Waals surface area (Å²) < 4.78 is 44.6. The second-order valence-corrected chi connectivity index (χ2v) is 15.0.